The number of guanidine groups is 1. The fourth-order valence-electron chi connectivity index (χ4n) is 2.40. The monoisotopic (exact) mass is 469 g/mol. The Labute approximate surface area is 172 Å². The van der Waals surface area contributed by atoms with Crippen LogP contribution in [-0.4, -0.2) is 35.9 Å². The van der Waals surface area contributed by atoms with Gasteiger partial charge < -0.3 is 15.4 Å². The van der Waals surface area contributed by atoms with Gasteiger partial charge in [-0.05, 0) is 18.1 Å². The molecule has 0 saturated carbocycles. The fraction of sp³-hybridized carbons (Fsp3) is 0.368. The van der Waals surface area contributed by atoms with Gasteiger partial charge in [0, 0.05) is 44.6 Å². The van der Waals surface area contributed by atoms with Crippen molar-refractivity contribution in [1.82, 2.24) is 20.4 Å². The average molecular weight is 469 g/mol. The number of hydrogen-bond donors (Lipinski definition) is 2. The van der Waals surface area contributed by atoms with E-state index in [2.05, 4.69) is 34.2 Å². The van der Waals surface area contributed by atoms with Gasteiger partial charge in [-0.3, -0.25) is 9.67 Å². The van der Waals surface area contributed by atoms with Crippen LogP contribution in [0.3, 0.4) is 0 Å². The molecule has 2 aromatic rings. The molecule has 2 rings (SSSR count). The number of aliphatic imine (C=N–C) groups is 1. The Balaban J connectivity index is 0.00000338. The van der Waals surface area contributed by atoms with Crippen molar-refractivity contribution in [2.45, 2.75) is 20.0 Å². The lowest BCUT2D eigenvalue weighted by molar-refractivity contribution is 0.358. The van der Waals surface area contributed by atoms with E-state index in [1.54, 1.807) is 19.3 Å². The fourth-order valence-corrected chi connectivity index (χ4v) is 2.40. The molecule has 1 aromatic carbocycles. The average Bonchev–Trinajstić information content (AvgIpc) is 3.13. The van der Waals surface area contributed by atoms with E-state index in [1.807, 2.05) is 41.2 Å². The third kappa shape index (κ3) is 7.47. The second-order valence-electron chi connectivity index (χ2n) is 5.85. The Hall–Kier alpha value is -2.03. The molecule has 0 amide bonds. The molecule has 7 heteroatoms. The predicted octanol–water partition coefficient (Wildman–Crippen LogP) is 3.07. The van der Waals surface area contributed by atoms with Crippen LogP contribution in [0.4, 0.5) is 0 Å². The minimum Gasteiger partial charge on any atom is -0.489 e. The van der Waals surface area contributed by atoms with Crippen molar-refractivity contribution in [3.8, 4) is 5.75 Å². The van der Waals surface area contributed by atoms with E-state index in [1.165, 1.54) is 0 Å². The molecule has 1 unspecified atom stereocenters. The van der Waals surface area contributed by atoms with E-state index in [4.69, 9.17) is 4.74 Å². The summed E-state index contributed by atoms with van der Waals surface area (Å²) in [5, 5.41) is 10.9. The molecule has 142 valence electrons. The number of ether oxygens (including phenoxy) is 1. The van der Waals surface area contributed by atoms with Gasteiger partial charge in [-0.1, -0.05) is 37.8 Å². The predicted molar refractivity (Wildman–Crippen MR) is 117 cm³/mol. The van der Waals surface area contributed by atoms with Crippen LogP contribution in [0.25, 0.3) is 0 Å². The van der Waals surface area contributed by atoms with Gasteiger partial charge in [0.2, 0.25) is 0 Å². The van der Waals surface area contributed by atoms with Crippen LogP contribution in [-0.2, 0) is 13.1 Å². The normalized spacial score (nSPS) is 12.0. The number of benzene rings is 1. The van der Waals surface area contributed by atoms with Crippen molar-refractivity contribution < 1.29 is 4.74 Å². The molecule has 6 nitrogen and oxygen atoms in total. The zero-order valence-corrected chi connectivity index (χ0v) is 17.7. The molecule has 0 spiro atoms. The number of aromatic nitrogens is 2. The van der Waals surface area contributed by atoms with E-state index in [0.29, 0.717) is 19.1 Å². The lowest BCUT2D eigenvalue weighted by atomic mass is 10.2. The molecule has 2 N–H and O–H groups in total. The van der Waals surface area contributed by atoms with Gasteiger partial charge >= 0.3 is 0 Å². The van der Waals surface area contributed by atoms with Crippen molar-refractivity contribution in [3.63, 3.8) is 0 Å². The van der Waals surface area contributed by atoms with Crippen molar-refractivity contribution in [2.75, 3.05) is 20.2 Å². The molecule has 0 radical (unpaired) electrons. The van der Waals surface area contributed by atoms with Crippen LogP contribution in [0, 0.1) is 5.92 Å². The molecule has 0 bridgehead atoms. The molecular weight excluding hydrogens is 441 g/mol. The number of hydrogen-bond acceptors (Lipinski definition) is 3. The van der Waals surface area contributed by atoms with Crippen LogP contribution in [0.1, 0.15) is 12.5 Å². The van der Waals surface area contributed by atoms with Gasteiger partial charge in [0.15, 0.2) is 5.96 Å². The number of para-hydroxylation sites is 1. The van der Waals surface area contributed by atoms with E-state index in [9.17, 15) is 0 Å². The maximum Gasteiger partial charge on any atom is 0.191 e. The minimum atomic E-state index is 0. The Morgan fingerprint density at radius 2 is 2.15 bits per heavy atom. The van der Waals surface area contributed by atoms with Crippen LogP contribution in [0.15, 0.2) is 60.4 Å². The molecule has 1 aromatic heterocycles. The second kappa shape index (κ2) is 12.3. The first-order chi connectivity index (χ1) is 12.2. The lowest BCUT2D eigenvalue weighted by Crippen LogP contribution is -2.39. The first-order valence-corrected chi connectivity index (χ1v) is 8.46. The highest BCUT2D eigenvalue weighted by molar-refractivity contribution is 14.0. The third-order valence-corrected chi connectivity index (χ3v) is 3.68. The van der Waals surface area contributed by atoms with E-state index in [-0.39, 0.29) is 24.0 Å². The summed E-state index contributed by atoms with van der Waals surface area (Å²) in [6, 6.07) is 9.90. The summed E-state index contributed by atoms with van der Waals surface area (Å²) >= 11 is 0. The second-order valence-corrected chi connectivity index (χ2v) is 5.85. The maximum atomic E-state index is 5.68. The first kappa shape index (κ1) is 22.0. The number of halogens is 1. The number of nitrogens with zero attached hydrogens (tertiary/aromatic N) is 3. The van der Waals surface area contributed by atoms with Gasteiger partial charge in [-0.25, -0.2) is 0 Å². The molecule has 26 heavy (non-hydrogen) atoms. The Kier molecular flexibility index (Phi) is 10.5. The third-order valence-electron chi connectivity index (χ3n) is 3.68. The smallest absolute Gasteiger partial charge is 0.191 e. The summed E-state index contributed by atoms with van der Waals surface area (Å²) in [5.74, 6) is 2.06. The Bertz CT molecular complexity index is 672. The SMILES string of the molecule is C=CCOc1ccccc1CNC(=NC)NCC(C)Cn1cccn1.I. The molecule has 0 fully saturated rings. The van der Waals surface area contributed by atoms with Gasteiger partial charge in [-0.2, -0.15) is 5.10 Å². The minimum absolute atomic E-state index is 0. The molecule has 0 aliphatic heterocycles. The van der Waals surface area contributed by atoms with Crippen molar-refractivity contribution in [1.29, 1.82) is 0 Å². The summed E-state index contributed by atoms with van der Waals surface area (Å²) < 4.78 is 7.62. The molecular formula is C19H28IN5O. The van der Waals surface area contributed by atoms with E-state index >= 15 is 0 Å². The van der Waals surface area contributed by atoms with Crippen LogP contribution in [0.2, 0.25) is 0 Å². The molecule has 1 atom stereocenters. The molecule has 0 aliphatic rings. The Morgan fingerprint density at radius 3 is 2.85 bits per heavy atom. The summed E-state index contributed by atoms with van der Waals surface area (Å²) in [6.07, 6.45) is 5.52. The largest absolute Gasteiger partial charge is 0.489 e. The van der Waals surface area contributed by atoms with E-state index < -0.39 is 0 Å². The van der Waals surface area contributed by atoms with Crippen LogP contribution < -0.4 is 15.4 Å². The van der Waals surface area contributed by atoms with Crippen LogP contribution >= 0.6 is 24.0 Å². The Morgan fingerprint density at radius 1 is 1.35 bits per heavy atom. The zero-order chi connectivity index (χ0) is 17.9. The standard InChI is InChI=1S/C19H27N5O.HI/c1-4-12-25-18-9-6-5-8-17(18)14-22-19(20-3)21-13-16(2)15-24-11-7-10-23-24;/h4-11,16H,1,12-15H2,2-3H3,(H2,20,21,22);1H. The molecule has 0 saturated heterocycles. The molecule has 1 heterocycles. The summed E-state index contributed by atoms with van der Waals surface area (Å²) in [5.41, 5.74) is 1.08. The van der Waals surface area contributed by atoms with Crippen molar-refractivity contribution in [3.05, 3.63) is 60.9 Å². The number of rotatable bonds is 9. The quantitative estimate of drug-likeness (QED) is 0.257. The number of nitrogens with one attached hydrogen (secondary N) is 2. The zero-order valence-electron chi connectivity index (χ0n) is 15.4. The summed E-state index contributed by atoms with van der Waals surface area (Å²) in [4.78, 5) is 4.28. The van der Waals surface area contributed by atoms with Gasteiger partial charge in [0.1, 0.15) is 12.4 Å². The van der Waals surface area contributed by atoms with Crippen molar-refractivity contribution in [2.24, 2.45) is 10.9 Å². The van der Waals surface area contributed by atoms with Gasteiger partial charge in [0.25, 0.3) is 0 Å². The molecule has 0 aliphatic carbocycles. The lowest BCUT2D eigenvalue weighted by Gasteiger charge is -2.17. The summed E-state index contributed by atoms with van der Waals surface area (Å²) in [7, 11) is 1.77. The van der Waals surface area contributed by atoms with Gasteiger partial charge in [-0.15, -0.1) is 24.0 Å². The van der Waals surface area contributed by atoms with Gasteiger partial charge in [0.05, 0.1) is 0 Å². The van der Waals surface area contributed by atoms with Crippen LogP contribution in [0.5, 0.6) is 5.75 Å². The van der Waals surface area contributed by atoms with Crippen molar-refractivity contribution >= 4 is 29.9 Å². The topological polar surface area (TPSA) is 63.5 Å². The maximum absolute atomic E-state index is 5.68. The first-order valence-electron chi connectivity index (χ1n) is 8.46. The highest BCUT2D eigenvalue weighted by Crippen LogP contribution is 2.17. The summed E-state index contributed by atoms with van der Waals surface area (Å²) in [6.45, 7) is 8.68. The highest BCUT2D eigenvalue weighted by atomic mass is 127. The van der Waals surface area contributed by atoms with E-state index in [0.717, 1.165) is 30.4 Å². The highest BCUT2D eigenvalue weighted by Gasteiger charge is 2.07.